The summed E-state index contributed by atoms with van der Waals surface area (Å²) in [6.45, 7) is 7.83. The molecule has 1 rings (SSSR count). The highest BCUT2D eigenvalue weighted by atomic mass is 16.5. The summed E-state index contributed by atoms with van der Waals surface area (Å²) in [5.74, 6) is 0. The van der Waals surface area contributed by atoms with Gasteiger partial charge in [-0.1, -0.05) is 160 Å². The molecule has 0 aliphatic rings. The fourth-order valence-electron chi connectivity index (χ4n) is 6.21. The van der Waals surface area contributed by atoms with Gasteiger partial charge in [-0.3, -0.25) is 0 Å². The molecule has 0 amide bonds. The molecule has 272 valence electrons. The minimum atomic E-state index is 0.125. The first-order chi connectivity index (χ1) is 23.4. The van der Waals surface area contributed by atoms with Crippen LogP contribution >= 0.6 is 0 Å². The van der Waals surface area contributed by atoms with E-state index in [9.17, 15) is 0 Å². The standard InChI is InChI=1S/C44H80NO2/c1-3-5-7-9-11-13-15-17-19-21-23-25-27-29-31-36-40-46-43-44(42-45-38-34-33-35-39-45)47-41-37-32-30-28-26-24-22-20-18-16-14-12-10-8-6-4-2/h17-20,33-35,38-39,44H,3-16,21-32,36-37,40-43H2,1-2H3/q+1. The third-order valence-corrected chi connectivity index (χ3v) is 9.31. The number of nitrogens with zero attached hydrogens (tertiary/aromatic N) is 1. The summed E-state index contributed by atoms with van der Waals surface area (Å²) in [6, 6.07) is 6.26. The van der Waals surface area contributed by atoms with Gasteiger partial charge in [-0.2, -0.15) is 0 Å². The van der Waals surface area contributed by atoms with E-state index in [1.165, 1.54) is 167 Å². The van der Waals surface area contributed by atoms with E-state index < -0.39 is 0 Å². The molecule has 0 saturated heterocycles. The molecule has 0 saturated carbocycles. The fourth-order valence-corrected chi connectivity index (χ4v) is 6.21. The zero-order chi connectivity index (χ0) is 33.6. The molecular weight excluding hydrogens is 574 g/mol. The van der Waals surface area contributed by atoms with Crippen molar-refractivity contribution >= 4 is 0 Å². The average molecular weight is 655 g/mol. The Labute approximate surface area is 294 Å². The molecule has 1 aromatic rings. The van der Waals surface area contributed by atoms with Crippen molar-refractivity contribution in [2.75, 3.05) is 19.8 Å². The van der Waals surface area contributed by atoms with Gasteiger partial charge in [-0.25, -0.2) is 4.57 Å². The lowest BCUT2D eigenvalue weighted by molar-refractivity contribution is -0.704. The van der Waals surface area contributed by atoms with Crippen LogP contribution in [0.15, 0.2) is 54.9 Å². The molecule has 0 aromatic carbocycles. The number of pyridine rings is 1. The van der Waals surface area contributed by atoms with Gasteiger partial charge in [0.05, 0.1) is 6.61 Å². The van der Waals surface area contributed by atoms with Crippen molar-refractivity contribution in [3.63, 3.8) is 0 Å². The summed E-state index contributed by atoms with van der Waals surface area (Å²) >= 11 is 0. The molecule has 0 radical (unpaired) electrons. The Morgan fingerprint density at radius 1 is 0.447 bits per heavy atom. The zero-order valence-electron chi connectivity index (χ0n) is 31.7. The van der Waals surface area contributed by atoms with Crippen molar-refractivity contribution in [3.05, 3.63) is 54.9 Å². The number of ether oxygens (including phenoxy) is 2. The summed E-state index contributed by atoms with van der Waals surface area (Å²) in [5.41, 5.74) is 0. The molecule has 0 bridgehead atoms. The highest BCUT2D eigenvalue weighted by Gasteiger charge is 2.15. The van der Waals surface area contributed by atoms with E-state index in [0.717, 1.165) is 32.6 Å². The number of allylic oxidation sites excluding steroid dienone is 4. The summed E-state index contributed by atoms with van der Waals surface area (Å²) in [5, 5.41) is 0. The first kappa shape index (κ1) is 43.6. The van der Waals surface area contributed by atoms with E-state index in [2.05, 4.69) is 73.3 Å². The van der Waals surface area contributed by atoms with Gasteiger partial charge in [-0.15, -0.1) is 0 Å². The predicted molar refractivity (Wildman–Crippen MR) is 206 cm³/mol. The smallest absolute Gasteiger partial charge is 0.176 e. The van der Waals surface area contributed by atoms with Crippen molar-refractivity contribution < 1.29 is 14.0 Å². The minimum absolute atomic E-state index is 0.125. The quantitative estimate of drug-likeness (QED) is 0.0405. The molecule has 0 fully saturated rings. The summed E-state index contributed by atoms with van der Waals surface area (Å²) < 4.78 is 14.7. The zero-order valence-corrected chi connectivity index (χ0v) is 31.7. The van der Waals surface area contributed by atoms with Crippen molar-refractivity contribution in [2.45, 2.75) is 206 Å². The largest absolute Gasteiger partial charge is 0.378 e. The van der Waals surface area contributed by atoms with E-state index in [4.69, 9.17) is 9.47 Å². The maximum absolute atomic E-state index is 6.34. The second kappa shape index (κ2) is 37.4. The highest BCUT2D eigenvalue weighted by molar-refractivity contribution is 4.84. The molecule has 1 heterocycles. The first-order valence-corrected chi connectivity index (χ1v) is 20.8. The Bertz CT molecular complexity index is 776. The fraction of sp³-hybridized carbons (Fsp3) is 0.795. The number of rotatable bonds is 37. The Balaban J connectivity index is 2.00. The van der Waals surface area contributed by atoms with Gasteiger partial charge in [0.1, 0.15) is 6.10 Å². The maximum Gasteiger partial charge on any atom is 0.176 e. The molecule has 3 heteroatoms. The lowest BCUT2D eigenvalue weighted by atomic mass is 10.1. The first-order valence-electron chi connectivity index (χ1n) is 20.8. The second-order valence-corrected chi connectivity index (χ2v) is 14.0. The molecule has 1 aromatic heterocycles. The lowest BCUT2D eigenvalue weighted by Gasteiger charge is -2.16. The summed E-state index contributed by atoms with van der Waals surface area (Å²) in [6.07, 6.45) is 51.6. The van der Waals surface area contributed by atoms with Crippen molar-refractivity contribution in [1.29, 1.82) is 0 Å². The Morgan fingerprint density at radius 3 is 1.28 bits per heavy atom. The van der Waals surface area contributed by atoms with E-state index >= 15 is 0 Å². The molecule has 0 spiro atoms. The molecule has 0 N–H and O–H groups in total. The third-order valence-electron chi connectivity index (χ3n) is 9.31. The molecule has 0 aliphatic carbocycles. The van der Waals surface area contributed by atoms with Crippen LogP contribution in [0, 0.1) is 0 Å². The van der Waals surface area contributed by atoms with Crippen LogP contribution in [0.1, 0.15) is 194 Å². The highest BCUT2D eigenvalue weighted by Crippen LogP contribution is 2.12. The normalized spacial score (nSPS) is 12.6. The minimum Gasteiger partial charge on any atom is -0.378 e. The van der Waals surface area contributed by atoms with E-state index in [1.807, 2.05) is 0 Å². The van der Waals surface area contributed by atoms with Gasteiger partial charge in [0, 0.05) is 25.3 Å². The van der Waals surface area contributed by atoms with E-state index in [1.54, 1.807) is 0 Å². The number of hydrogen-bond acceptors (Lipinski definition) is 2. The van der Waals surface area contributed by atoms with Crippen LogP contribution in [0.2, 0.25) is 0 Å². The predicted octanol–water partition coefficient (Wildman–Crippen LogP) is 13.5. The van der Waals surface area contributed by atoms with Crippen LogP contribution in [0.25, 0.3) is 0 Å². The van der Waals surface area contributed by atoms with Crippen LogP contribution in [0.3, 0.4) is 0 Å². The van der Waals surface area contributed by atoms with Crippen LogP contribution in [0.5, 0.6) is 0 Å². The van der Waals surface area contributed by atoms with E-state index in [-0.39, 0.29) is 6.10 Å². The van der Waals surface area contributed by atoms with E-state index in [0.29, 0.717) is 6.61 Å². The number of unbranched alkanes of at least 4 members (excludes halogenated alkanes) is 24. The monoisotopic (exact) mass is 655 g/mol. The van der Waals surface area contributed by atoms with Gasteiger partial charge >= 0.3 is 0 Å². The Hall–Kier alpha value is -1.45. The Morgan fingerprint density at radius 2 is 0.830 bits per heavy atom. The Kier molecular flexibility index (Phi) is 34.6. The van der Waals surface area contributed by atoms with Crippen LogP contribution in [-0.4, -0.2) is 25.9 Å². The molecule has 3 nitrogen and oxygen atoms in total. The number of aromatic nitrogens is 1. The van der Waals surface area contributed by atoms with Crippen LogP contribution in [-0.2, 0) is 16.0 Å². The van der Waals surface area contributed by atoms with Gasteiger partial charge < -0.3 is 9.47 Å². The molecule has 1 atom stereocenters. The summed E-state index contributed by atoms with van der Waals surface area (Å²) in [7, 11) is 0. The third kappa shape index (κ3) is 32.9. The molecule has 47 heavy (non-hydrogen) atoms. The topological polar surface area (TPSA) is 22.3 Å². The van der Waals surface area contributed by atoms with Crippen molar-refractivity contribution in [3.8, 4) is 0 Å². The van der Waals surface area contributed by atoms with Crippen molar-refractivity contribution in [2.24, 2.45) is 0 Å². The lowest BCUT2D eigenvalue weighted by Crippen LogP contribution is -2.42. The van der Waals surface area contributed by atoms with Gasteiger partial charge in [0.25, 0.3) is 0 Å². The van der Waals surface area contributed by atoms with Crippen LogP contribution in [0.4, 0.5) is 0 Å². The molecular formula is C44H80NO2+. The summed E-state index contributed by atoms with van der Waals surface area (Å²) in [4.78, 5) is 0. The second-order valence-electron chi connectivity index (χ2n) is 14.0. The van der Waals surface area contributed by atoms with Gasteiger partial charge in [-0.05, 0) is 64.2 Å². The SMILES string of the molecule is CCCCCCCCC=CCCCCCCCCOCC(C[n+]1ccccc1)OCCCCCCCCC=CCCCCCCCC. The van der Waals surface area contributed by atoms with Gasteiger partial charge in [0.15, 0.2) is 18.9 Å². The van der Waals surface area contributed by atoms with Crippen molar-refractivity contribution in [1.82, 2.24) is 0 Å². The average Bonchev–Trinajstić information content (AvgIpc) is 3.09. The van der Waals surface area contributed by atoms with Gasteiger partial charge in [0.2, 0.25) is 0 Å². The molecule has 1 unspecified atom stereocenters. The van der Waals surface area contributed by atoms with Crippen LogP contribution < -0.4 is 4.57 Å². The molecule has 0 aliphatic heterocycles. The maximum atomic E-state index is 6.34. The number of hydrogen-bond donors (Lipinski definition) is 0.